The lowest BCUT2D eigenvalue weighted by Crippen LogP contribution is -2.04. The maximum Gasteiger partial charge on any atom is 0.126 e. The summed E-state index contributed by atoms with van der Waals surface area (Å²) in [7, 11) is 1.71. The molecule has 0 fully saturated rings. The molecule has 1 unspecified atom stereocenters. The quantitative estimate of drug-likeness (QED) is 0.872. The summed E-state index contributed by atoms with van der Waals surface area (Å²) in [5.41, 5.74) is 11.1. The van der Waals surface area contributed by atoms with E-state index in [9.17, 15) is 0 Å². The monoisotopic (exact) mass is 239 g/mol. The molecule has 1 atom stereocenters. The SMILES string of the molecule is COc1ccccc1-c1ccc2c(c1)CCC2N. The van der Waals surface area contributed by atoms with Crippen LogP contribution < -0.4 is 10.5 Å². The van der Waals surface area contributed by atoms with Crippen molar-refractivity contribution in [3.05, 3.63) is 53.6 Å². The van der Waals surface area contributed by atoms with Gasteiger partial charge >= 0.3 is 0 Å². The predicted molar refractivity (Wildman–Crippen MR) is 73.7 cm³/mol. The van der Waals surface area contributed by atoms with E-state index in [-0.39, 0.29) is 6.04 Å². The van der Waals surface area contributed by atoms with Crippen molar-refractivity contribution in [1.82, 2.24) is 0 Å². The van der Waals surface area contributed by atoms with Gasteiger partial charge in [0.15, 0.2) is 0 Å². The first-order chi connectivity index (χ1) is 8.79. The molecule has 2 nitrogen and oxygen atoms in total. The molecule has 0 spiro atoms. The Hall–Kier alpha value is -1.80. The van der Waals surface area contributed by atoms with E-state index in [0.717, 1.165) is 24.2 Å². The van der Waals surface area contributed by atoms with Gasteiger partial charge in [-0.15, -0.1) is 0 Å². The molecule has 1 aliphatic rings. The molecule has 92 valence electrons. The first kappa shape index (κ1) is 11.3. The van der Waals surface area contributed by atoms with Crippen LogP contribution in [0.5, 0.6) is 5.75 Å². The predicted octanol–water partition coefficient (Wildman–Crippen LogP) is 3.31. The second-order valence-corrected chi connectivity index (χ2v) is 4.76. The van der Waals surface area contributed by atoms with Crippen LogP contribution in [-0.2, 0) is 6.42 Å². The molecule has 2 N–H and O–H groups in total. The number of hydrogen-bond donors (Lipinski definition) is 1. The zero-order valence-corrected chi connectivity index (χ0v) is 10.5. The number of nitrogens with two attached hydrogens (primary N) is 1. The highest BCUT2D eigenvalue weighted by atomic mass is 16.5. The largest absolute Gasteiger partial charge is 0.496 e. The highest BCUT2D eigenvalue weighted by molar-refractivity contribution is 5.71. The van der Waals surface area contributed by atoms with Gasteiger partial charge in [-0.25, -0.2) is 0 Å². The Balaban J connectivity index is 2.08. The van der Waals surface area contributed by atoms with E-state index >= 15 is 0 Å². The van der Waals surface area contributed by atoms with Crippen LogP contribution in [0.2, 0.25) is 0 Å². The van der Waals surface area contributed by atoms with Gasteiger partial charge in [-0.05, 0) is 35.6 Å². The molecule has 0 heterocycles. The van der Waals surface area contributed by atoms with E-state index < -0.39 is 0 Å². The number of fused-ring (bicyclic) bond motifs is 1. The standard InChI is InChI=1S/C16H17NO/c1-18-16-5-3-2-4-14(16)12-6-8-13-11(10-12)7-9-15(13)17/h2-6,8,10,15H,7,9,17H2,1H3. The van der Waals surface area contributed by atoms with Gasteiger partial charge in [0.05, 0.1) is 7.11 Å². The Morgan fingerprint density at radius 2 is 2.00 bits per heavy atom. The van der Waals surface area contributed by atoms with Crippen molar-refractivity contribution < 1.29 is 4.74 Å². The van der Waals surface area contributed by atoms with Crippen LogP contribution in [0.25, 0.3) is 11.1 Å². The van der Waals surface area contributed by atoms with Gasteiger partial charge < -0.3 is 10.5 Å². The molecule has 0 saturated carbocycles. The lowest BCUT2D eigenvalue weighted by molar-refractivity contribution is 0.416. The molecule has 2 aromatic carbocycles. The van der Waals surface area contributed by atoms with Crippen molar-refractivity contribution in [3.8, 4) is 16.9 Å². The Morgan fingerprint density at radius 1 is 1.17 bits per heavy atom. The maximum atomic E-state index is 6.07. The lowest BCUT2D eigenvalue weighted by atomic mass is 9.99. The Bertz CT molecular complexity index is 577. The average Bonchev–Trinajstić information content (AvgIpc) is 2.80. The topological polar surface area (TPSA) is 35.2 Å². The molecule has 0 amide bonds. The van der Waals surface area contributed by atoms with Crippen molar-refractivity contribution in [1.29, 1.82) is 0 Å². The molecule has 0 aromatic heterocycles. The van der Waals surface area contributed by atoms with E-state index in [1.54, 1.807) is 7.11 Å². The fourth-order valence-corrected chi connectivity index (χ4v) is 2.70. The molecule has 3 rings (SSSR count). The lowest BCUT2D eigenvalue weighted by Gasteiger charge is -2.10. The molecule has 2 heteroatoms. The Labute approximate surface area is 107 Å². The van der Waals surface area contributed by atoms with Crippen molar-refractivity contribution in [2.45, 2.75) is 18.9 Å². The molecule has 2 aromatic rings. The third-order valence-electron chi connectivity index (χ3n) is 3.69. The molecule has 0 saturated heterocycles. The van der Waals surface area contributed by atoms with E-state index in [2.05, 4.69) is 24.3 Å². The first-order valence-electron chi connectivity index (χ1n) is 6.31. The minimum atomic E-state index is 0.215. The summed E-state index contributed by atoms with van der Waals surface area (Å²) >= 11 is 0. The smallest absolute Gasteiger partial charge is 0.126 e. The summed E-state index contributed by atoms with van der Waals surface area (Å²) in [5.74, 6) is 0.916. The van der Waals surface area contributed by atoms with Crippen molar-refractivity contribution >= 4 is 0 Å². The van der Waals surface area contributed by atoms with E-state index in [0.29, 0.717) is 0 Å². The van der Waals surface area contributed by atoms with Gasteiger partial charge in [0.1, 0.15) is 5.75 Å². The van der Waals surface area contributed by atoms with Crippen LogP contribution >= 0.6 is 0 Å². The van der Waals surface area contributed by atoms with Gasteiger partial charge in [-0.1, -0.05) is 36.4 Å². The molecular formula is C16H17NO. The fraction of sp³-hybridized carbons (Fsp3) is 0.250. The number of ether oxygens (including phenoxy) is 1. The second-order valence-electron chi connectivity index (χ2n) is 4.76. The minimum Gasteiger partial charge on any atom is -0.496 e. The highest BCUT2D eigenvalue weighted by Crippen LogP contribution is 2.35. The van der Waals surface area contributed by atoms with E-state index in [4.69, 9.17) is 10.5 Å². The van der Waals surface area contributed by atoms with Crippen LogP contribution in [0.3, 0.4) is 0 Å². The minimum absolute atomic E-state index is 0.215. The van der Waals surface area contributed by atoms with Gasteiger partial charge in [0, 0.05) is 11.6 Å². The van der Waals surface area contributed by atoms with Crippen LogP contribution in [0.15, 0.2) is 42.5 Å². The average molecular weight is 239 g/mol. The van der Waals surface area contributed by atoms with Gasteiger partial charge in [-0.2, -0.15) is 0 Å². The van der Waals surface area contributed by atoms with Gasteiger partial charge in [0.2, 0.25) is 0 Å². The molecule has 18 heavy (non-hydrogen) atoms. The normalized spacial score (nSPS) is 17.6. The fourth-order valence-electron chi connectivity index (χ4n) is 2.70. The number of para-hydroxylation sites is 1. The zero-order valence-electron chi connectivity index (χ0n) is 10.5. The number of benzene rings is 2. The summed E-state index contributed by atoms with van der Waals surface area (Å²) in [6.07, 6.45) is 2.14. The van der Waals surface area contributed by atoms with Crippen molar-refractivity contribution in [2.75, 3.05) is 7.11 Å². The van der Waals surface area contributed by atoms with Crippen LogP contribution in [0.4, 0.5) is 0 Å². The third-order valence-corrected chi connectivity index (χ3v) is 3.69. The van der Waals surface area contributed by atoms with Crippen molar-refractivity contribution in [3.63, 3.8) is 0 Å². The first-order valence-corrected chi connectivity index (χ1v) is 6.31. The number of hydrogen-bond acceptors (Lipinski definition) is 2. The molecular weight excluding hydrogens is 222 g/mol. The molecule has 1 aliphatic carbocycles. The summed E-state index contributed by atoms with van der Waals surface area (Å²) in [6, 6.07) is 14.9. The van der Waals surface area contributed by atoms with Crippen molar-refractivity contribution in [2.24, 2.45) is 5.73 Å². The van der Waals surface area contributed by atoms with Gasteiger partial charge in [-0.3, -0.25) is 0 Å². The molecule has 0 radical (unpaired) electrons. The number of aryl methyl sites for hydroxylation is 1. The van der Waals surface area contributed by atoms with E-state index in [1.807, 2.05) is 18.2 Å². The third kappa shape index (κ3) is 1.79. The second kappa shape index (κ2) is 4.46. The highest BCUT2D eigenvalue weighted by Gasteiger charge is 2.19. The maximum absolute atomic E-state index is 6.07. The van der Waals surface area contributed by atoms with Gasteiger partial charge in [0.25, 0.3) is 0 Å². The van der Waals surface area contributed by atoms with Crippen LogP contribution in [0.1, 0.15) is 23.6 Å². The van der Waals surface area contributed by atoms with Crippen LogP contribution in [-0.4, -0.2) is 7.11 Å². The Morgan fingerprint density at radius 3 is 2.83 bits per heavy atom. The zero-order chi connectivity index (χ0) is 12.5. The molecule has 0 bridgehead atoms. The van der Waals surface area contributed by atoms with E-state index in [1.165, 1.54) is 16.7 Å². The summed E-state index contributed by atoms with van der Waals surface area (Å²) in [4.78, 5) is 0. The van der Waals surface area contributed by atoms with Crippen LogP contribution in [0, 0.1) is 0 Å². The number of methoxy groups -OCH3 is 1. The summed E-state index contributed by atoms with van der Waals surface area (Å²) in [5, 5.41) is 0. The number of rotatable bonds is 2. The summed E-state index contributed by atoms with van der Waals surface area (Å²) in [6.45, 7) is 0. The Kier molecular flexibility index (Phi) is 2.80. The summed E-state index contributed by atoms with van der Waals surface area (Å²) < 4.78 is 5.42. The molecule has 0 aliphatic heterocycles.